The van der Waals surface area contributed by atoms with Crippen LogP contribution in [0.25, 0.3) is 0 Å². The van der Waals surface area contributed by atoms with Gasteiger partial charge in [-0.2, -0.15) is 15.4 Å². The number of aromatic nitrogens is 3. The number of nitrogens with zero attached hydrogens (tertiary/aromatic N) is 2. The minimum Gasteiger partial charge on any atom is -0.404 e. The summed E-state index contributed by atoms with van der Waals surface area (Å²) >= 11 is 0. The molecule has 1 heterocycles. The number of para-hydroxylation sites is 1. The van der Waals surface area contributed by atoms with E-state index in [1.54, 1.807) is 0 Å². The Morgan fingerprint density at radius 1 is 1.35 bits per heavy atom. The van der Waals surface area contributed by atoms with Crippen LogP contribution in [0.15, 0.2) is 30.5 Å². The van der Waals surface area contributed by atoms with Gasteiger partial charge < -0.3 is 4.52 Å². The van der Waals surface area contributed by atoms with Crippen molar-refractivity contribution in [1.82, 2.24) is 15.4 Å². The first kappa shape index (κ1) is 16.3. The average Bonchev–Trinajstić information content (AvgIpc) is 2.93. The number of alkyl halides is 1. The largest absolute Gasteiger partial charge is 0.524 e. The molecule has 2 aromatic rings. The van der Waals surface area contributed by atoms with E-state index in [2.05, 4.69) is 19.9 Å². The first-order chi connectivity index (χ1) is 9.47. The molecule has 1 aromatic heterocycles. The maximum absolute atomic E-state index is 14.1. The van der Waals surface area contributed by atoms with E-state index in [-0.39, 0.29) is 17.0 Å². The molecule has 3 N–H and O–H groups in total. The standard InChI is InChI=1S/C9H9FN3O4P.C2H6/c10-9(7-5-11-13-12-7)6-3-1-2-4-8(6)17-18(14,15)16;1-2/h1-5,9H,(H,11,12,13)(H2,14,15,16);1-2H3. The first-order valence-corrected chi connectivity index (χ1v) is 7.34. The van der Waals surface area contributed by atoms with Gasteiger partial charge in [0.25, 0.3) is 0 Å². The van der Waals surface area contributed by atoms with Crippen LogP contribution in [-0.4, -0.2) is 25.2 Å². The van der Waals surface area contributed by atoms with Gasteiger partial charge >= 0.3 is 7.82 Å². The van der Waals surface area contributed by atoms with Crippen LogP contribution < -0.4 is 4.52 Å². The van der Waals surface area contributed by atoms with Gasteiger partial charge in [0.1, 0.15) is 11.4 Å². The second-order valence-electron chi connectivity index (χ2n) is 3.38. The Morgan fingerprint density at radius 3 is 2.55 bits per heavy atom. The van der Waals surface area contributed by atoms with E-state index < -0.39 is 14.0 Å². The second kappa shape index (κ2) is 7.14. The summed E-state index contributed by atoms with van der Waals surface area (Å²) in [7, 11) is -4.74. The third-order valence-corrected chi connectivity index (χ3v) is 2.54. The van der Waals surface area contributed by atoms with Gasteiger partial charge in [-0.3, -0.25) is 9.79 Å². The predicted molar refractivity (Wildman–Crippen MR) is 69.8 cm³/mol. The molecule has 0 saturated heterocycles. The molecule has 2 rings (SSSR count). The fourth-order valence-corrected chi connectivity index (χ4v) is 1.82. The van der Waals surface area contributed by atoms with Crippen molar-refractivity contribution in [3.05, 3.63) is 41.7 Å². The van der Waals surface area contributed by atoms with Crippen molar-refractivity contribution >= 4 is 7.82 Å². The Kier molecular flexibility index (Phi) is 5.82. The number of aromatic amines is 1. The van der Waals surface area contributed by atoms with Gasteiger partial charge in [0.2, 0.25) is 0 Å². The molecule has 0 bridgehead atoms. The van der Waals surface area contributed by atoms with Crippen molar-refractivity contribution in [1.29, 1.82) is 0 Å². The molecule has 0 radical (unpaired) electrons. The van der Waals surface area contributed by atoms with Crippen LogP contribution in [0.2, 0.25) is 0 Å². The molecule has 0 amide bonds. The molecule has 20 heavy (non-hydrogen) atoms. The number of rotatable bonds is 4. The lowest BCUT2D eigenvalue weighted by molar-refractivity contribution is 0.279. The molecule has 0 aliphatic heterocycles. The van der Waals surface area contributed by atoms with Gasteiger partial charge in [-0.25, -0.2) is 8.96 Å². The van der Waals surface area contributed by atoms with Crippen molar-refractivity contribution in [2.45, 2.75) is 20.0 Å². The summed E-state index contributed by atoms with van der Waals surface area (Å²) in [6.45, 7) is 4.00. The Morgan fingerprint density at radius 2 is 2.00 bits per heavy atom. The quantitative estimate of drug-likeness (QED) is 0.748. The molecule has 0 fully saturated rings. The summed E-state index contributed by atoms with van der Waals surface area (Å²) in [5.41, 5.74) is -0.0357. The number of hydrogen-bond acceptors (Lipinski definition) is 4. The Balaban J connectivity index is 0.000000956. The summed E-state index contributed by atoms with van der Waals surface area (Å²) in [5.74, 6) is -0.235. The third-order valence-electron chi connectivity index (χ3n) is 2.10. The van der Waals surface area contributed by atoms with Crippen LogP contribution in [0.5, 0.6) is 5.75 Å². The predicted octanol–water partition coefficient (Wildman–Crippen LogP) is 2.36. The maximum Gasteiger partial charge on any atom is 0.524 e. The highest BCUT2D eigenvalue weighted by molar-refractivity contribution is 7.46. The van der Waals surface area contributed by atoms with E-state index in [4.69, 9.17) is 9.79 Å². The van der Waals surface area contributed by atoms with Crippen LogP contribution in [0.3, 0.4) is 0 Å². The lowest BCUT2D eigenvalue weighted by Crippen LogP contribution is -2.00. The van der Waals surface area contributed by atoms with Crippen LogP contribution in [0, 0.1) is 0 Å². The highest BCUT2D eigenvalue weighted by Crippen LogP contribution is 2.42. The topological polar surface area (TPSA) is 108 Å². The molecule has 0 aliphatic carbocycles. The van der Waals surface area contributed by atoms with E-state index in [0.29, 0.717) is 0 Å². The summed E-state index contributed by atoms with van der Waals surface area (Å²) in [6.07, 6.45) is -0.509. The van der Waals surface area contributed by atoms with E-state index in [9.17, 15) is 8.96 Å². The molecule has 0 saturated carbocycles. The van der Waals surface area contributed by atoms with Gasteiger partial charge in [0, 0.05) is 5.56 Å². The summed E-state index contributed by atoms with van der Waals surface area (Å²) in [4.78, 5) is 17.5. The molecular formula is C11H15FN3O4P. The molecule has 1 unspecified atom stereocenters. The van der Waals surface area contributed by atoms with Crippen molar-refractivity contribution in [2.75, 3.05) is 0 Å². The SMILES string of the molecule is CC.O=P(O)(O)Oc1ccccc1C(F)c1cn[nH]n1. The fourth-order valence-electron chi connectivity index (χ4n) is 1.39. The summed E-state index contributed by atoms with van der Waals surface area (Å²) < 4.78 is 29.3. The molecule has 7 nitrogen and oxygen atoms in total. The van der Waals surface area contributed by atoms with Crippen molar-refractivity contribution in [3.8, 4) is 5.75 Å². The van der Waals surface area contributed by atoms with Crippen LogP contribution in [-0.2, 0) is 4.57 Å². The minimum atomic E-state index is -4.74. The first-order valence-electron chi connectivity index (χ1n) is 5.81. The molecule has 9 heteroatoms. The van der Waals surface area contributed by atoms with E-state index in [1.165, 1.54) is 30.5 Å². The lowest BCUT2D eigenvalue weighted by Gasteiger charge is -2.13. The van der Waals surface area contributed by atoms with Crippen molar-refractivity contribution in [2.24, 2.45) is 0 Å². The normalized spacial score (nSPS) is 12.2. The number of phosphoric ester groups is 1. The smallest absolute Gasteiger partial charge is 0.404 e. The van der Waals surface area contributed by atoms with E-state index in [0.717, 1.165) is 0 Å². The average molecular weight is 303 g/mol. The highest BCUT2D eigenvalue weighted by Gasteiger charge is 2.24. The minimum absolute atomic E-state index is 0.00300. The zero-order valence-corrected chi connectivity index (χ0v) is 11.8. The van der Waals surface area contributed by atoms with Crippen molar-refractivity contribution in [3.63, 3.8) is 0 Å². The number of hydrogen-bond donors (Lipinski definition) is 3. The molecule has 1 atom stereocenters. The number of nitrogens with one attached hydrogen (secondary N) is 1. The molecule has 110 valence electrons. The van der Waals surface area contributed by atoms with E-state index in [1.807, 2.05) is 13.8 Å². The zero-order chi connectivity index (χ0) is 15.2. The van der Waals surface area contributed by atoms with Crippen LogP contribution >= 0.6 is 7.82 Å². The Bertz CT molecular complexity index is 573. The Labute approximate surface area is 115 Å². The number of H-pyrrole nitrogens is 1. The number of phosphoric acid groups is 1. The van der Waals surface area contributed by atoms with Gasteiger partial charge in [-0.15, -0.1) is 0 Å². The number of benzene rings is 1. The third kappa shape index (κ3) is 4.41. The van der Waals surface area contributed by atoms with Gasteiger partial charge in [-0.1, -0.05) is 32.0 Å². The Hall–Kier alpha value is -1.76. The molecule has 0 spiro atoms. The van der Waals surface area contributed by atoms with Gasteiger partial charge in [-0.05, 0) is 6.07 Å². The highest BCUT2D eigenvalue weighted by atomic mass is 31.2. The fraction of sp³-hybridized carbons (Fsp3) is 0.273. The summed E-state index contributed by atoms with van der Waals surface area (Å²) in [6, 6.07) is 5.62. The monoisotopic (exact) mass is 303 g/mol. The van der Waals surface area contributed by atoms with Crippen LogP contribution in [0.1, 0.15) is 31.3 Å². The van der Waals surface area contributed by atoms with Crippen LogP contribution in [0.4, 0.5) is 4.39 Å². The molecule has 1 aromatic carbocycles. The van der Waals surface area contributed by atoms with Gasteiger partial charge in [0.15, 0.2) is 6.17 Å². The van der Waals surface area contributed by atoms with Gasteiger partial charge in [0.05, 0.1) is 6.20 Å². The maximum atomic E-state index is 14.1. The van der Waals surface area contributed by atoms with Crippen molar-refractivity contribution < 1.29 is 23.3 Å². The molecule has 0 aliphatic rings. The summed E-state index contributed by atoms with van der Waals surface area (Å²) in [5, 5.41) is 9.29. The zero-order valence-electron chi connectivity index (χ0n) is 10.9. The second-order valence-corrected chi connectivity index (χ2v) is 4.54. The lowest BCUT2D eigenvalue weighted by atomic mass is 10.1. The number of halogens is 1. The van der Waals surface area contributed by atoms with E-state index >= 15 is 0 Å². The molecular weight excluding hydrogens is 288 g/mol.